The Labute approximate surface area is 106 Å². The van der Waals surface area contributed by atoms with E-state index in [-0.39, 0.29) is 6.29 Å². The van der Waals surface area contributed by atoms with E-state index in [1.807, 2.05) is 5.51 Å². The molecule has 0 atom stereocenters. The van der Waals surface area contributed by atoms with Crippen LogP contribution in [0.25, 0.3) is 10.2 Å². The molecule has 0 spiro atoms. The van der Waals surface area contributed by atoms with Gasteiger partial charge in [-0.2, -0.15) is 0 Å². The van der Waals surface area contributed by atoms with Crippen molar-refractivity contribution in [3.05, 3.63) is 22.1 Å². The monoisotopic (exact) mass is 298 g/mol. The zero-order chi connectivity index (χ0) is 11.0. The number of benzene rings is 1. The van der Waals surface area contributed by atoms with Crippen LogP contribution in [0.1, 0.15) is 0 Å². The Balaban J connectivity index is 1.93. The minimum Gasteiger partial charge on any atom is -0.357 e. The molecule has 1 aliphatic rings. The number of hydrogen-bond acceptors (Lipinski definition) is 5. The second-order valence-electron chi connectivity index (χ2n) is 3.61. The van der Waals surface area contributed by atoms with Crippen LogP contribution in [0.15, 0.2) is 22.1 Å². The van der Waals surface area contributed by atoms with Gasteiger partial charge < -0.3 is 5.32 Å². The molecule has 0 radical (unpaired) electrons. The number of nitrogens with one attached hydrogen (secondary N) is 3. The molecule has 0 aliphatic carbocycles. The van der Waals surface area contributed by atoms with E-state index in [4.69, 9.17) is 0 Å². The van der Waals surface area contributed by atoms with Gasteiger partial charge in [0.25, 0.3) is 0 Å². The van der Waals surface area contributed by atoms with Gasteiger partial charge in [-0.3, -0.25) is 10.6 Å². The molecule has 0 amide bonds. The summed E-state index contributed by atoms with van der Waals surface area (Å²) < 4.78 is 2.23. The van der Waals surface area contributed by atoms with Crippen LogP contribution in [0.3, 0.4) is 0 Å². The number of aromatic nitrogens is 1. The standard InChI is InChI=1S/C10H11BrN4S/c11-8-6(15-10-12-3-4-13-10)1-2-7-9(8)14-5-16-7/h1-2,5,10,12-13,15H,3-4H2. The number of nitrogens with zero attached hydrogens (tertiary/aromatic N) is 1. The summed E-state index contributed by atoms with van der Waals surface area (Å²) in [5.41, 5.74) is 3.95. The SMILES string of the molecule is Brc1c(NC2NCCN2)ccc2scnc12. The molecule has 1 aliphatic heterocycles. The first-order valence-electron chi connectivity index (χ1n) is 5.09. The van der Waals surface area contributed by atoms with Crippen molar-refractivity contribution in [1.82, 2.24) is 15.6 Å². The lowest BCUT2D eigenvalue weighted by atomic mass is 10.3. The van der Waals surface area contributed by atoms with Crippen molar-refractivity contribution >= 4 is 43.2 Å². The highest BCUT2D eigenvalue weighted by Crippen LogP contribution is 2.32. The lowest BCUT2D eigenvalue weighted by molar-refractivity contribution is 0.620. The molecule has 1 saturated heterocycles. The third-order valence-electron chi connectivity index (χ3n) is 2.56. The molecule has 16 heavy (non-hydrogen) atoms. The lowest BCUT2D eigenvalue weighted by Gasteiger charge is -2.15. The number of halogens is 1. The topological polar surface area (TPSA) is 49.0 Å². The number of fused-ring (bicyclic) bond motifs is 1. The van der Waals surface area contributed by atoms with Crippen LogP contribution in [0, 0.1) is 0 Å². The van der Waals surface area contributed by atoms with Crippen molar-refractivity contribution in [2.24, 2.45) is 0 Å². The van der Waals surface area contributed by atoms with Crippen LogP contribution in [-0.2, 0) is 0 Å². The lowest BCUT2D eigenvalue weighted by Crippen LogP contribution is -2.38. The minimum absolute atomic E-state index is 0.146. The van der Waals surface area contributed by atoms with E-state index in [2.05, 4.69) is 49.0 Å². The van der Waals surface area contributed by atoms with Crippen molar-refractivity contribution in [3.63, 3.8) is 0 Å². The Morgan fingerprint density at radius 3 is 3.00 bits per heavy atom. The summed E-state index contributed by atoms with van der Waals surface area (Å²) in [7, 11) is 0. The fraction of sp³-hybridized carbons (Fsp3) is 0.300. The molecule has 2 aromatic rings. The number of hydrogen-bond donors (Lipinski definition) is 3. The Morgan fingerprint density at radius 1 is 1.38 bits per heavy atom. The van der Waals surface area contributed by atoms with Crippen LogP contribution < -0.4 is 16.0 Å². The quantitative estimate of drug-likeness (QED) is 0.793. The molecule has 0 saturated carbocycles. The summed E-state index contributed by atoms with van der Waals surface area (Å²) in [4.78, 5) is 4.34. The molecular weight excluding hydrogens is 288 g/mol. The molecule has 3 rings (SSSR count). The third-order valence-corrected chi connectivity index (χ3v) is 4.16. The van der Waals surface area contributed by atoms with Gasteiger partial charge >= 0.3 is 0 Å². The van der Waals surface area contributed by atoms with Gasteiger partial charge in [-0.25, -0.2) is 4.98 Å². The number of rotatable bonds is 2. The molecular formula is C10H11BrN4S. The second kappa shape index (κ2) is 4.29. The van der Waals surface area contributed by atoms with Crippen molar-refractivity contribution in [2.45, 2.75) is 6.29 Å². The van der Waals surface area contributed by atoms with E-state index in [0.717, 1.165) is 28.8 Å². The van der Waals surface area contributed by atoms with Gasteiger partial charge in [-0.1, -0.05) is 0 Å². The Hall–Kier alpha value is -0.690. The number of thiazole rings is 1. The highest BCUT2D eigenvalue weighted by atomic mass is 79.9. The van der Waals surface area contributed by atoms with Crippen LogP contribution in [-0.4, -0.2) is 24.4 Å². The van der Waals surface area contributed by atoms with E-state index in [1.165, 1.54) is 4.70 Å². The van der Waals surface area contributed by atoms with Gasteiger partial charge in [0, 0.05) is 13.1 Å². The normalized spacial score (nSPS) is 17.1. The van der Waals surface area contributed by atoms with Gasteiger partial charge in [0.05, 0.1) is 25.9 Å². The maximum absolute atomic E-state index is 4.34. The van der Waals surface area contributed by atoms with Crippen LogP contribution in [0.5, 0.6) is 0 Å². The Kier molecular flexibility index (Phi) is 2.81. The van der Waals surface area contributed by atoms with E-state index in [0.29, 0.717) is 0 Å². The summed E-state index contributed by atoms with van der Waals surface area (Å²) >= 11 is 5.25. The molecule has 1 aromatic heterocycles. The Morgan fingerprint density at radius 2 is 2.19 bits per heavy atom. The van der Waals surface area contributed by atoms with Crippen LogP contribution in [0.4, 0.5) is 5.69 Å². The molecule has 84 valence electrons. The van der Waals surface area contributed by atoms with Crippen molar-refractivity contribution in [3.8, 4) is 0 Å². The van der Waals surface area contributed by atoms with Gasteiger partial charge in [0.2, 0.25) is 0 Å². The summed E-state index contributed by atoms with van der Waals surface area (Å²) in [6.07, 6.45) is 0.146. The summed E-state index contributed by atoms with van der Waals surface area (Å²) in [6, 6.07) is 4.17. The van der Waals surface area contributed by atoms with Gasteiger partial charge in [-0.15, -0.1) is 11.3 Å². The van der Waals surface area contributed by atoms with Crippen LogP contribution in [0.2, 0.25) is 0 Å². The predicted molar refractivity (Wildman–Crippen MR) is 70.7 cm³/mol. The highest BCUT2D eigenvalue weighted by Gasteiger charge is 2.14. The van der Waals surface area contributed by atoms with Crippen molar-refractivity contribution in [2.75, 3.05) is 18.4 Å². The third kappa shape index (κ3) is 1.82. The fourth-order valence-electron chi connectivity index (χ4n) is 1.77. The molecule has 0 bridgehead atoms. The zero-order valence-corrected chi connectivity index (χ0v) is 10.9. The first-order valence-corrected chi connectivity index (χ1v) is 6.77. The fourth-order valence-corrected chi connectivity index (χ4v) is 3.15. The average molecular weight is 299 g/mol. The average Bonchev–Trinajstić information content (AvgIpc) is 2.93. The van der Waals surface area contributed by atoms with Gasteiger partial charge in [0.15, 0.2) is 0 Å². The first-order chi connectivity index (χ1) is 7.84. The summed E-state index contributed by atoms with van der Waals surface area (Å²) in [6.45, 7) is 1.99. The Bertz CT molecular complexity index is 506. The predicted octanol–water partition coefficient (Wildman–Crippen LogP) is 1.95. The minimum atomic E-state index is 0.146. The second-order valence-corrected chi connectivity index (χ2v) is 5.29. The molecule has 3 N–H and O–H groups in total. The highest BCUT2D eigenvalue weighted by molar-refractivity contribution is 9.10. The van der Waals surface area contributed by atoms with Crippen molar-refractivity contribution < 1.29 is 0 Å². The molecule has 2 heterocycles. The molecule has 6 heteroatoms. The van der Waals surface area contributed by atoms with Gasteiger partial charge in [0.1, 0.15) is 6.29 Å². The van der Waals surface area contributed by atoms with Crippen molar-refractivity contribution in [1.29, 1.82) is 0 Å². The summed E-state index contributed by atoms with van der Waals surface area (Å²) in [5, 5.41) is 10.0. The number of anilines is 1. The van der Waals surface area contributed by atoms with Crippen LogP contribution >= 0.6 is 27.3 Å². The molecule has 4 nitrogen and oxygen atoms in total. The maximum Gasteiger partial charge on any atom is 0.132 e. The largest absolute Gasteiger partial charge is 0.357 e. The molecule has 0 unspecified atom stereocenters. The maximum atomic E-state index is 4.34. The smallest absolute Gasteiger partial charge is 0.132 e. The van der Waals surface area contributed by atoms with E-state index < -0.39 is 0 Å². The molecule has 1 fully saturated rings. The van der Waals surface area contributed by atoms with E-state index in [1.54, 1.807) is 11.3 Å². The van der Waals surface area contributed by atoms with E-state index in [9.17, 15) is 0 Å². The van der Waals surface area contributed by atoms with Gasteiger partial charge in [-0.05, 0) is 28.1 Å². The molecule has 1 aromatic carbocycles. The zero-order valence-electron chi connectivity index (χ0n) is 8.46. The summed E-state index contributed by atoms with van der Waals surface area (Å²) in [5.74, 6) is 0. The first kappa shape index (κ1) is 10.5. The van der Waals surface area contributed by atoms with E-state index >= 15 is 0 Å².